The third-order valence-corrected chi connectivity index (χ3v) is 15.9. The van der Waals surface area contributed by atoms with Crippen molar-refractivity contribution in [1.82, 2.24) is 0 Å². The van der Waals surface area contributed by atoms with E-state index in [1.165, 1.54) is 24.3 Å². The molecule has 3 aromatic carbocycles. The molecule has 6 rings (SSSR count). The molecule has 0 aromatic heterocycles. The van der Waals surface area contributed by atoms with Crippen molar-refractivity contribution in [3.05, 3.63) is 124 Å². The van der Waals surface area contributed by atoms with Gasteiger partial charge in [0, 0.05) is 65.4 Å². The van der Waals surface area contributed by atoms with Crippen molar-refractivity contribution < 1.29 is 66.4 Å². The van der Waals surface area contributed by atoms with Gasteiger partial charge in [-0.15, -0.1) is 0 Å². The van der Waals surface area contributed by atoms with E-state index in [0.29, 0.717) is 67.7 Å². The second-order valence-electron chi connectivity index (χ2n) is 18.1. The standard InChI is InChI=1S/C47H56N2O14S4/c1-46(2)38-30-36(66(58,59)60)19-21-40(38)48(26-5-7-28-64(52,53)54)42(46)23-17-33-10-9-11-34(45(33)35-15-12-32(13-16-35)14-25-44(50)51)18-24-43-47(3,4)39-31-37(67(61,62)63)20-22-41(39)49(43)27-6-8-29-65(55,56)57/h12-13,15-24,30-31H,5-11,14,25-29H2,1-4H3,(H4-,50,51,52,53,54,55,56,57,58,59,60,61,62,63)/p-1. The van der Waals surface area contributed by atoms with Crippen LogP contribution in [0.15, 0.2) is 112 Å². The van der Waals surface area contributed by atoms with Crippen molar-refractivity contribution in [1.29, 1.82) is 0 Å². The summed E-state index contributed by atoms with van der Waals surface area (Å²) in [6.45, 7) is 8.25. The number of hydrogen-bond acceptors (Lipinski definition) is 12. The lowest BCUT2D eigenvalue weighted by Gasteiger charge is -2.28. The number of aryl methyl sites for hydroxylation is 1. The molecular weight excluding hydrogens is 945 g/mol. The van der Waals surface area contributed by atoms with E-state index in [2.05, 4.69) is 0 Å². The summed E-state index contributed by atoms with van der Waals surface area (Å²) in [5.41, 5.74) is 6.86. The monoisotopic (exact) mass is 999 g/mol. The first kappa shape index (κ1) is 51.6. The molecule has 0 saturated carbocycles. The minimum Gasteiger partial charge on any atom is -0.748 e. The summed E-state index contributed by atoms with van der Waals surface area (Å²) in [5.74, 6) is -2.01. The predicted octanol–water partition coefficient (Wildman–Crippen LogP) is 7.03. The Morgan fingerprint density at radius 1 is 0.731 bits per heavy atom. The number of benzene rings is 3. The normalized spacial score (nSPS) is 18.7. The number of rotatable bonds is 19. The number of aliphatic carboxylic acids is 1. The molecule has 0 fully saturated rings. The van der Waals surface area contributed by atoms with E-state index in [1.807, 2.05) is 85.7 Å². The Hall–Kier alpha value is -4.80. The first-order valence-corrected chi connectivity index (χ1v) is 27.8. The topological polar surface area (TPSA) is 267 Å². The Bertz CT molecular complexity index is 3070. The zero-order valence-electron chi connectivity index (χ0n) is 37.6. The minimum atomic E-state index is -4.55. The molecule has 0 atom stereocenters. The number of unbranched alkanes of at least 4 members (excludes halogenated alkanes) is 2. The molecule has 1 aliphatic carbocycles. The van der Waals surface area contributed by atoms with E-state index in [4.69, 9.17) is 0 Å². The van der Waals surface area contributed by atoms with E-state index >= 15 is 0 Å². The molecule has 3 aromatic rings. The van der Waals surface area contributed by atoms with E-state index in [0.717, 1.165) is 45.7 Å². The van der Waals surface area contributed by atoms with Crippen molar-refractivity contribution in [2.75, 3.05) is 29.5 Å². The molecule has 0 unspecified atom stereocenters. The van der Waals surface area contributed by atoms with Gasteiger partial charge < -0.3 is 19.1 Å². The summed E-state index contributed by atoms with van der Waals surface area (Å²) in [7, 11) is -18.0. The molecule has 2 aliphatic heterocycles. The average molecular weight is 1000 g/mol. The number of allylic oxidation sites excluding steroid dienone is 8. The number of fused-ring (bicyclic) bond motifs is 2. The molecule has 3 N–H and O–H groups in total. The Kier molecular flexibility index (Phi) is 15.1. The van der Waals surface area contributed by atoms with E-state index in [-0.39, 0.29) is 29.1 Å². The number of carboxylic acid groups (broad SMARTS) is 1. The molecule has 67 heavy (non-hydrogen) atoms. The van der Waals surface area contributed by atoms with Crippen molar-refractivity contribution in [2.24, 2.45) is 0 Å². The van der Waals surface area contributed by atoms with Gasteiger partial charge in [0.25, 0.3) is 20.2 Å². The van der Waals surface area contributed by atoms with Crippen LogP contribution < -0.4 is 4.90 Å². The third-order valence-electron chi connectivity index (χ3n) is 12.7. The second kappa shape index (κ2) is 19.7. The number of nitrogens with zero attached hydrogens (tertiary/aromatic N) is 2. The molecule has 362 valence electrons. The summed E-state index contributed by atoms with van der Waals surface area (Å²) in [6, 6.07) is 16.3. The van der Waals surface area contributed by atoms with Gasteiger partial charge in [-0.3, -0.25) is 13.9 Å². The number of anilines is 1. The van der Waals surface area contributed by atoms with Crippen LogP contribution in [-0.4, -0.2) is 97.8 Å². The number of carbonyl (C=O) groups is 1. The maximum absolute atomic E-state index is 12.3. The van der Waals surface area contributed by atoms with Gasteiger partial charge in [0.05, 0.1) is 35.4 Å². The van der Waals surface area contributed by atoms with Gasteiger partial charge in [-0.25, -0.2) is 16.8 Å². The molecule has 0 amide bonds. The molecule has 0 radical (unpaired) electrons. The van der Waals surface area contributed by atoms with Crippen molar-refractivity contribution in [3.63, 3.8) is 0 Å². The molecular formula is C47H55N2O14S4-. The Labute approximate surface area is 393 Å². The van der Waals surface area contributed by atoms with E-state index in [1.54, 1.807) is 12.1 Å². The average Bonchev–Trinajstić information content (AvgIpc) is 3.57. The Morgan fingerprint density at radius 3 is 1.93 bits per heavy atom. The largest absolute Gasteiger partial charge is 0.748 e. The summed E-state index contributed by atoms with van der Waals surface area (Å²) in [5, 5.41) is 9.32. The number of hydrogen-bond donors (Lipinski definition) is 3. The summed E-state index contributed by atoms with van der Waals surface area (Å²) < 4.78 is 140. The fourth-order valence-corrected chi connectivity index (χ4v) is 11.4. The SMILES string of the molecule is CC1(C)C(/C=C/C2=C(c3ccc(CCC(=O)O)cc3)C(=C/C=C3/N(CCCCS(=O)(=O)[O-])c4ccc(S(=O)(=O)O)cc4C3(C)C)/CCC2)=[N+](CCCCS(=O)(=O)[O-])c2ccc(S(=O)(=O)O)cc21. The number of carboxylic acids is 1. The molecule has 20 heteroatoms. The maximum atomic E-state index is 12.3. The first-order valence-electron chi connectivity index (χ1n) is 21.8. The Balaban J connectivity index is 1.49. The second-order valence-corrected chi connectivity index (χ2v) is 24.0. The van der Waals surface area contributed by atoms with Crippen LogP contribution in [0.4, 0.5) is 11.4 Å². The lowest BCUT2D eigenvalue weighted by Crippen LogP contribution is -2.28. The zero-order valence-corrected chi connectivity index (χ0v) is 40.9. The fourth-order valence-electron chi connectivity index (χ4n) is 9.29. The zero-order chi connectivity index (χ0) is 49.3. The lowest BCUT2D eigenvalue weighted by atomic mass is 9.79. The highest BCUT2D eigenvalue weighted by Gasteiger charge is 2.45. The maximum Gasteiger partial charge on any atom is 0.303 e. The summed E-state index contributed by atoms with van der Waals surface area (Å²) >= 11 is 0. The van der Waals surface area contributed by atoms with Crippen molar-refractivity contribution in [3.8, 4) is 0 Å². The first-order chi connectivity index (χ1) is 31.1. The highest BCUT2D eigenvalue weighted by Crippen LogP contribution is 2.49. The molecule has 0 spiro atoms. The van der Waals surface area contributed by atoms with Crippen LogP contribution in [0.25, 0.3) is 5.57 Å². The van der Waals surface area contributed by atoms with Crippen LogP contribution >= 0.6 is 0 Å². The highest BCUT2D eigenvalue weighted by atomic mass is 32.2. The van der Waals surface area contributed by atoms with Gasteiger partial charge in [0.1, 0.15) is 6.54 Å². The lowest BCUT2D eigenvalue weighted by molar-refractivity contribution is -0.438. The predicted molar refractivity (Wildman–Crippen MR) is 252 cm³/mol. The van der Waals surface area contributed by atoms with Gasteiger partial charge in [-0.2, -0.15) is 21.4 Å². The molecule has 0 bridgehead atoms. The van der Waals surface area contributed by atoms with Crippen LogP contribution in [0.2, 0.25) is 0 Å². The molecule has 2 heterocycles. The van der Waals surface area contributed by atoms with Crippen molar-refractivity contribution >= 4 is 69.1 Å². The van der Waals surface area contributed by atoms with Gasteiger partial charge >= 0.3 is 5.97 Å². The highest BCUT2D eigenvalue weighted by molar-refractivity contribution is 7.86. The van der Waals surface area contributed by atoms with Gasteiger partial charge in [0.2, 0.25) is 5.69 Å². The van der Waals surface area contributed by atoms with E-state index in [9.17, 15) is 61.8 Å². The molecule has 3 aliphatic rings. The van der Waals surface area contributed by atoms with Gasteiger partial charge in [0.15, 0.2) is 5.71 Å². The minimum absolute atomic E-state index is 0.0480. The Morgan fingerprint density at radius 2 is 1.33 bits per heavy atom. The van der Waals surface area contributed by atoms with Crippen LogP contribution in [-0.2, 0) is 62.5 Å². The van der Waals surface area contributed by atoms with Gasteiger partial charge in [-0.05, 0) is 129 Å². The van der Waals surface area contributed by atoms with E-state index < -0.39 is 68.8 Å². The van der Waals surface area contributed by atoms with Crippen molar-refractivity contribution in [2.45, 2.75) is 106 Å². The summed E-state index contributed by atoms with van der Waals surface area (Å²) in [4.78, 5) is 12.8. The molecule has 0 saturated heterocycles. The fraction of sp³-hybridized carbons (Fsp3) is 0.404. The quantitative estimate of drug-likeness (QED) is 0.0618. The third kappa shape index (κ3) is 12.3. The van der Waals surface area contributed by atoms with Crippen LogP contribution in [0.3, 0.4) is 0 Å². The smallest absolute Gasteiger partial charge is 0.303 e. The van der Waals surface area contributed by atoms with Gasteiger partial charge in [-0.1, -0.05) is 50.3 Å². The van der Waals surface area contributed by atoms with Crippen LogP contribution in [0.5, 0.6) is 0 Å². The molecule has 16 nitrogen and oxygen atoms in total. The summed E-state index contributed by atoms with van der Waals surface area (Å²) in [6.07, 6.45) is 11.0. The van der Waals surface area contributed by atoms with Crippen LogP contribution in [0, 0.1) is 0 Å². The van der Waals surface area contributed by atoms with Crippen LogP contribution in [0.1, 0.15) is 101 Å².